The van der Waals surface area contributed by atoms with Crippen molar-refractivity contribution in [2.24, 2.45) is 11.3 Å². The van der Waals surface area contributed by atoms with Gasteiger partial charge in [-0.05, 0) is 24.1 Å². The van der Waals surface area contributed by atoms with Crippen molar-refractivity contribution in [3.05, 3.63) is 42.0 Å². The number of ether oxygens (including phenoxy) is 1. The van der Waals surface area contributed by atoms with Crippen LogP contribution in [0.2, 0.25) is 0 Å². The van der Waals surface area contributed by atoms with Crippen molar-refractivity contribution in [2.45, 2.75) is 19.5 Å². The Balaban J connectivity index is 2.14. The first-order chi connectivity index (χ1) is 9.59. The maximum atomic E-state index is 12.0. The Hall–Kier alpha value is -2.40. The molecular weight excluding hydrogens is 262 g/mol. The molecule has 1 aliphatic carbocycles. The van der Waals surface area contributed by atoms with Gasteiger partial charge in [0.2, 0.25) is 0 Å². The SMILES string of the molecule is N#CC(C#N)(Cc1ccc(OC(F)F)cc1)C1C=CC1. The van der Waals surface area contributed by atoms with Crippen LogP contribution >= 0.6 is 0 Å². The van der Waals surface area contributed by atoms with Gasteiger partial charge in [0.15, 0.2) is 5.41 Å². The van der Waals surface area contributed by atoms with Crippen molar-refractivity contribution in [3.63, 3.8) is 0 Å². The smallest absolute Gasteiger partial charge is 0.387 e. The Labute approximate surface area is 115 Å². The first kappa shape index (κ1) is 14.0. The van der Waals surface area contributed by atoms with E-state index in [1.165, 1.54) is 12.1 Å². The topological polar surface area (TPSA) is 56.8 Å². The van der Waals surface area contributed by atoms with Gasteiger partial charge in [0.25, 0.3) is 0 Å². The Kier molecular flexibility index (Phi) is 4.00. The summed E-state index contributed by atoms with van der Waals surface area (Å²) in [4.78, 5) is 0. The van der Waals surface area contributed by atoms with Crippen LogP contribution < -0.4 is 4.74 Å². The van der Waals surface area contributed by atoms with E-state index in [9.17, 15) is 19.3 Å². The molecule has 2 rings (SSSR count). The highest BCUT2D eigenvalue weighted by Crippen LogP contribution is 2.39. The molecule has 0 N–H and O–H groups in total. The molecule has 0 spiro atoms. The highest BCUT2D eigenvalue weighted by molar-refractivity contribution is 5.33. The molecule has 0 saturated heterocycles. The number of halogens is 2. The molecule has 1 unspecified atom stereocenters. The summed E-state index contributed by atoms with van der Waals surface area (Å²) in [6, 6.07) is 10.2. The van der Waals surface area contributed by atoms with Gasteiger partial charge in [-0.25, -0.2) is 0 Å². The van der Waals surface area contributed by atoms with Crippen LogP contribution in [0.1, 0.15) is 12.0 Å². The summed E-state index contributed by atoms with van der Waals surface area (Å²) < 4.78 is 28.3. The van der Waals surface area contributed by atoms with E-state index in [4.69, 9.17) is 0 Å². The molecule has 20 heavy (non-hydrogen) atoms. The molecule has 5 heteroatoms. The fraction of sp³-hybridized carbons (Fsp3) is 0.333. The van der Waals surface area contributed by atoms with Crippen LogP contribution in [0.3, 0.4) is 0 Å². The summed E-state index contributed by atoms with van der Waals surface area (Å²) in [6.07, 6.45) is 4.77. The second kappa shape index (κ2) is 5.71. The molecule has 0 aromatic heterocycles. The summed E-state index contributed by atoms with van der Waals surface area (Å²) in [5.74, 6) is -0.0127. The molecule has 0 fully saturated rings. The predicted octanol–water partition coefficient (Wildman–Crippen LogP) is 3.44. The number of hydrogen-bond acceptors (Lipinski definition) is 3. The Morgan fingerprint density at radius 1 is 1.25 bits per heavy atom. The molecule has 0 saturated carbocycles. The number of alkyl halides is 2. The van der Waals surface area contributed by atoms with Gasteiger partial charge in [-0.1, -0.05) is 24.3 Å². The third kappa shape index (κ3) is 2.78. The molecule has 1 atom stereocenters. The lowest BCUT2D eigenvalue weighted by Gasteiger charge is -2.30. The van der Waals surface area contributed by atoms with Crippen LogP contribution in [0.4, 0.5) is 8.78 Å². The molecule has 102 valence electrons. The van der Waals surface area contributed by atoms with E-state index in [0.717, 1.165) is 5.56 Å². The van der Waals surface area contributed by atoms with E-state index in [1.54, 1.807) is 12.1 Å². The summed E-state index contributed by atoms with van der Waals surface area (Å²) in [5.41, 5.74) is -0.352. The first-order valence-electron chi connectivity index (χ1n) is 6.12. The largest absolute Gasteiger partial charge is 0.435 e. The minimum Gasteiger partial charge on any atom is -0.435 e. The van der Waals surface area contributed by atoms with E-state index >= 15 is 0 Å². The Morgan fingerprint density at radius 2 is 1.85 bits per heavy atom. The van der Waals surface area contributed by atoms with Crippen molar-refractivity contribution in [3.8, 4) is 17.9 Å². The quantitative estimate of drug-likeness (QED) is 0.773. The number of rotatable bonds is 5. The van der Waals surface area contributed by atoms with Crippen LogP contribution in [-0.4, -0.2) is 6.61 Å². The Bertz CT molecular complexity index is 567. The van der Waals surface area contributed by atoms with Gasteiger partial charge in [0, 0.05) is 12.3 Å². The number of benzene rings is 1. The summed E-state index contributed by atoms with van der Waals surface area (Å²) in [5, 5.41) is 18.6. The van der Waals surface area contributed by atoms with Crippen molar-refractivity contribution < 1.29 is 13.5 Å². The highest BCUT2D eigenvalue weighted by Gasteiger charge is 2.40. The second-order valence-electron chi connectivity index (χ2n) is 4.66. The molecule has 0 radical (unpaired) electrons. The van der Waals surface area contributed by atoms with Gasteiger partial charge in [0.1, 0.15) is 5.75 Å². The van der Waals surface area contributed by atoms with E-state index < -0.39 is 12.0 Å². The van der Waals surface area contributed by atoms with E-state index in [-0.39, 0.29) is 18.1 Å². The third-order valence-corrected chi connectivity index (χ3v) is 3.42. The molecule has 0 bridgehead atoms. The van der Waals surface area contributed by atoms with Crippen LogP contribution in [-0.2, 0) is 6.42 Å². The molecule has 0 amide bonds. The lowest BCUT2D eigenvalue weighted by molar-refractivity contribution is -0.0498. The van der Waals surface area contributed by atoms with Gasteiger partial charge in [-0.3, -0.25) is 0 Å². The van der Waals surface area contributed by atoms with E-state index in [2.05, 4.69) is 16.9 Å². The molecule has 0 heterocycles. The normalized spacial score (nSPS) is 17.1. The van der Waals surface area contributed by atoms with Crippen LogP contribution in [0, 0.1) is 34.0 Å². The maximum absolute atomic E-state index is 12.0. The van der Waals surface area contributed by atoms with Gasteiger partial charge < -0.3 is 4.74 Å². The molecular formula is C15H12F2N2O. The Morgan fingerprint density at radius 3 is 2.25 bits per heavy atom. The molecule has 3 nitrogen and oxygen atoms in total. The average Bonchev–Trinajstić information content (AvgIpc) is 2.37. The van der Waals surface area contributed by atoms with Crippen molar-refractivity contribution in [1.29, 1.82) is 10.5 Å². The van der Waals surface area contributed by atoms with Crippen molar-refractivity contribution in [1.82, 2.24) is 0 Å². The predicted molar refractivity (Wildman–Crippen MR) is 67.7 cm³/mol. The molecule has 1 aromatic carbocycles. The number of nitriles is 2. The zero-order chi connectivity index (χ0) is 14.6. The van der Waals surface area contributed by atoms with Crippen LogP contribution in [0.15, 0.2) is 36.4 Å². The molecule has 0 aliphatic heterocycles. The standard InChI is InChI=1S/C15H12F2N2O/c16-14(17)20-13-6-4-11(5-7-13)8-15(9-18,10-19)12-2-1-3-12/h1-2,4-7,12,14H,3,8H2. The fourth-order valence-corrected chi connectivity index (χ4v) is 2.15. The van der Waals surface area contributed by atoms with Gasteiger partial charge in [-0.15, -0.1) is 0 Å². The summed E-state index contributed by atoms with van der Waals surface area (Å²) in [7, 11) is 0. The van der Waals surface area contributed by atoms with Gasteiger partial charge >= 0.3 is 6.61 Å². The lowest BCUT2D eigenvalue weighted by Crippen LogP contribution is -2.31. The average molecular weight is 274 g/mol. The minimum absolute atomic E-state index is 0.0619. The van der Waals surface area contributed by atoms with Gasteiger partial charge in [0.05, 0.1) is 12.1 Å². The maximum Gasteiger partial charge on any atom is 0.387 e. The summed E-state index contributed by atoms with van der Waals surface area (Å²) >= 11 is 0. The van der Waals surface area contributed by atoms with Crippen molar-refractivity contribution in [2.75, 3.05) is 0 Å². The van der Waals surface area contributed by atoms with E-state index in [0.29, 0.717) is 6.42 Å². The van der Waals surface area contributed by atoms with E-state index in [1.807, 2.05) is 12.2 Å². The number of nitrogens with zero attached hydrogens (tertiary/aromatic N) is 2. The molecule has 1 aromatic rings. The second-order valence-corrected chi connectivity index (χ2v) is 4.66. The zero-order valence-corrected chi connectivity index (χ0v) is 10.6. The molecule has 1 aliphatic rings. The minimum atomic E-state index is -2.86. The van der Waals surface area contributed by atoms with Crippen LogP contribution in [0.5, 0.6) is 5.75 Å². The monoisotopic (exact) mass is 274 g/mol. The third-order valence-electron chi connectivity index (χ3n) is 3.42. The zero-order valence-electron chi connectivity index (χ0n) is 10.6. The van der Waals surface area contributed by atoms with Crippen LogP contribution in [0.25, 0.3) is 0 Å². The first-order valence-corrected chi connectivity index (χ1v) is 6.12. The number of hydrogen-bond donors (Lipinski definition) is 0. The van der Waals surface area contributed by atoms with Crippen molar-refractivity contribution >= 4 is 0 Å². The highest BCUT2D eigenvalue weighted by atomic mass is 19.3. The van der Waals surface area contributed by atoms with Gasteiger partial charge in [-0.2, -0.15) is 19.3 Å². The summed E-state index contributed by atoms with van der Waals surface area (Å²) in [6.45, 7) is -2.86. The number of allylic oxidation sites excluding steroid dienone is 2. The lowest BCUT2D eigenvalue weighted by atomic mass is 9.68. The fourth-order valence-electron chi connectivity index (χ4n) is 2.15.